The van der Waals surface area contributed by atoms with Crippen LogP contribution in [0, 0.1) is 23.7 Å². The number of methoxy groups -OCH3 is 1. The maximum atomic E-state index is 15.1. The molecule has 3 fully saturated rings. The minimum atomic E-state index is -2.04. The topological polar surface area (TPSA) is 223 Å². The van der Waals surface area contributed by atoms with Crippen molar-refractivity contribution in [3.05, 3.63) is 120 Å². The third kappa shape index (κ3) is 14.6. The van der Waals surface area contributed by atoms with Crippen LogP contribution in [0.2, 0.25) is 0 Å². The third-order valence-electron chi connectivity index (χ3n) is 16.8. The van der Waals surface area contributed by atoms with Gasteiger partial charge in [0.25, 0.3) is 0 Å². The van der Waals surface area contributed by atoms with Crippen molar-refractivity contribution in [1.29, 1.82) is 0 Å². The SMILES string of the molecule is CC[C@H]1OC(=O)[C@H](C)[C@@H](OC2C[C@@](C)(OC)[C@@H](OC(=O)c3ccccc3)[C@H](C)O2)[C@H](C)[C@@H](O[C@@H]2O[C@H](C)C[C@H](N(C)C)[C@H]2OC(=O)c2ccccc2)[C@@](C)(OC/C=C/c2cnc3ccccc3c2)C[C@@H](C)/C(=N\O)[C@H](C)[C@@H](O)[C@]1(C)O. The number of carbonyl (C=O) groups is 3. The Morgan fingerprint density at radius 2 is 1.44 bits per heavy atom. The Hall–Kier alpha value is -5.67. The summed E-state index contributed by atoms with van der Waals surface area (Å²) < 4.78 is 60.3. The summed E-state index contributed by atoms with van der Waals surface area (Å²) >= 11 is 0. The molecule has 0 spiro atoms. The second-order valence-electron chi connectivity index (χ2n) is 23.2. The summed E-state index contributed by atoms with van der Waals surface area (Å²) in [6.07, 6.45) is -4.50. The maximum Gasteiger partial charge on any atom is 0.338 e. The van der Waals surface area contributed by atoms with Crippen molar-refractivity contribution in [3.63, 3.8) is 0 Å². The number of esters is 3. The average molecular weight is 1120 g/mol. The van der Waals surface area contributed by atoms with Crippen molar-refractivity contribution < 1.29 is 72.4 Å². The van der Waals surface area contributed by atoms with Crippen molar-refractivity contribution in [2.24, 2.45) is 28.8 Å². The molecule has 3 aliphatic heterocycles. The fourth-order valence-electron chi connectivity index (χ4n) is 12.2. The number of pyridine rings is 1. The van der Waals surface area contributed by atoms with Gasteiger partial charge in [-0.2, -0.15) is 0 Å². The number of rotatable bonds is 15. The molecule has 4 heterocycles. The molecule has 0 bridgehead atoms. The summed E-state index contributed by atoms with van der Waals surface area (Å²) in [5.41, 5.74) is -2.22. The number of nitrogens with zero attached hydrogens (tertiary/aromatic N) is 3. The minimum absolute atomic E-state index is 0.00434. The van der Waals surface area contributed by atoms with Gasteiger partial charge in [-0.25, -0.2) is 9.59 Å². The molecule has 7 rings (SSSR count). The van der Waals surface area contributed by atoms with Crippen molar-refractivity contribution in [3.8, 4) is 0 Å². The Morgan fingerprint density at radius 1 is 0.815 bits per heavy atom. The highest BCUT2D eigenvalue weighted by Crippen LogP contribution is 2.43. The van der Waals surface area contributed by atoms with Crippen LogP contribution >= 0.6 is 0 Å². The second-order valence-corrected chi connectivity index (χ2v) is 23.2. The number of aromatic nitrogens is 1. The first-order valence-corrected chi connectivity index (χ1v) is 28.3. The van der Waals surface area contributed by atoms with Gasteiger partial charge in [0, 0.05) is 42.9 Å². The summed E-state index contributed by atoms with van der Waals surface area (Å²) in [5, 5.41) is 40.0. The van der Waals surface area contributed by atoms with Crippen LogP contribution in [0.25, 0.3) is 17.0 Å². The second kappa shape index (κ2) is 27.2. The van der Waals surface area contributed by atoms with E-state index in [0.717, 1.165) is 16.5 Å². The Kier molecular flexibility index (Phi) is 21.1. The first kappa shape index (κ1) is 62.9. The molecule has 0 aliphatic carbocycles. The van der Waals surface area contributed by atoms with Crippen LogP contribution in [-0.4, -0.2) is 161 Å². The molecule has 3 N–H and O–H groups in total. The molecular formula is C63H85N3O15. The molecule has 442 valence electrons. The minimum Gasteiger partial charge on any atom is -0.459 e. The van der Waals surface area contributed by atoms with Crippen LogP contribution in [0.3, 0.4) is 0 Å². The van der Waals surface area contributed by atoms with E-state index in [-0.39, 0.29) is 31.6 Å². The molecule has 81 heavy (non-hydrogen) atoms. The van der Waals surface area contributed by atoms with E-state index in [2.05, 4.69) is 10.1 Å². The summed E-state index contributed by atoms with van der Waals surface area (Å²) in [5.74, 6) is -5.65. The molecule has 0 amide bonds. The summed E-state index contributed by atoms with van der Waals surface area (Å²) in [6, 6.07) is 26.7. The van der Waals surface area contributed by atoms with E-state index < -0.39 is 126 Å². The van der Waals surface area contributed by atoms with Gasteiger partial charge in [0.15, 0.2) is 24.8 Å². The van der Waals surface area contributed by atoms with Gasteiger partial charge in [-0.1, -0.05) is 99.6 Å². The van der Waals surface area contributed by atoms with Gasteiger partial charge in [0.2, 0.25) is 0 Å². The van der Waals surface area contributed by atoms with E-state index in [4.69, 9.17) is 42.6 Å². The predicted molar refractivity (Wildman–Crippen MR) is 304 cm³/mol. The molecule has 4 aromatic rings. The molecular weight excluding hydrogens is 1040 g/mol. The number of fused-ring (bicyclic) bond motifs is 1. The lowest BCUT2D eigenvalue weighted by Crippen LogP contribution is -2.62. The Bertz CT molecular complexity index is 2780. The lowest BCUT2D eigenvalue weighted by Gasteiger charge is -2.50. The zero-order chi connectivity index (χ0) is 59.0. The molecule has 3 saturated heterocycles. The van der Waals surface area contributed by atoms with E-state index >= 15 is 4.79 Å². The monoisotopic (exact) mass is 1120 g/mol. The number of cyclic esters (lactones) is 1. The fraction of sp³-hybridized carbons (Fsp3) is 0.571. The van der Waals surface area contributed by atoms with E-state index in [1.807, 2.05) is 95.2 Å². The number of oxime groups is 1. The highest BCUT2D eigenvalue weighted by atomic mass is 16.7. The highest BCUT2D eigenvalue weighted by Gasteiger charge is 2.55. The molecule has 18 atom stereocenters. The third-order valence-corrected chi connectivity index (χ3v) is 16.8. The summed E-state index contributed by atoms with van der Waals surface area (Å²) in [6.45, 7) is 17.5. The van der Waals surface area contributed by atoms with Crippen LogP contribution < -0.4 is 0 Å². The molecule has 3 aromatic carbocycles. The standard InChI is InChI=1S/C63H85N3O15/c1-14-49-63(10,71)54(67)39(4)51(65-72)37(2)34-62(9,74-31-23-24-43-33-46-29-21-22-30-47(46)64-36-43)55(81-60-53(48(66(11)12)32-38(3)75-60)79-58(69)44-25-17-15-18-26-44)40(5)52(41(6)57(68)77-49)78-50-35-61(8,73-13)56(42(7)76-50)80-59(70)45-27-19-16-20-28-45/h15-30,33,36-42,48-50,52-56,60,67,71-72H,14,31-32,34-35H2,1-13H3/b24-23+,65-51+/t37-,38-,39+,40+,41-,42+,48+,49-,50?,52+,53-,54-,55-,56+,60+,61-,62+,63-/m1/s1. The summed E-state index contributed by atoms with van der Waals surface area (Å²) in [7, 11) is 5.31. The van der Waals surface area contributed by atoms with Gasteiger partial charge in [-0.05, 0) is 117 Å². The number of hydrogen-bond acceptors (Lipinski definition) is 18. The first-order valence-electron chi connectivity index (χ1n) is 28.3. The number of likely N-dealkylation sites (N-methyl/N-ethyl adjacent to an activating group) is 1. The fourth-order valence-corrected chi connectivity index (χ4v) is 12.2. The number of aliphatic hydroxyl groups excluding tert-OH is 1. The molecule has 18 heteroatoms. The van der Waals surface area contributed by atoms with E-state index in [1.54, 1.807) is 95.4 Å². The van der Waals surface area contributed by atoms with E-state index in [1.165, 1.54) is 14.0 Å². The normalized spacial score (nSPS) is 36.0. The number of carbonyl (C=O) groups excluding carboxylic acids is 3. The molecule has 1 aromatic heterocycles. The smallest absolute Gasteiger partial charge is 0.338 e. The Labute approximate surface area is 477 Å². The molecule has 0 saturated carbocycles. The first-order chi connectivity index (χ1) is 38.4. The average Bonchev–Trinajstić information content (AvgIpc) is 3.50. The lowest BCUT2D eigenvalue weighted by molar-refractivity contribution is -0.319. The summed E-state index contributed by atoms with van der Waals surface area (Å²) in [4.78, 5) is 49.4. The number of ether oxygens (including phenoxy) is 9. The Morgan fingerprint density at radius 3 is 2.06 bits per heavy atom. The Balaban J connectivity index is 1.37. The molecule has 1 unspecified atom stereocenters. The van der Waals surface area contributed by atoms with Crippen LogP contribution in [0.4, 0.5) is 0 Å². The van der Waals surface area contributed by atoms with Crippen LogP contribution in [0.5, 0.6) is 0 Å². The number of hydrogen-bond donors (Lipinski definition) is 3. The van der Waals surface area contributed by atoms with Crippen molar-refractivity contribution in [2.75, 3.05) is 27.8 Å². The van der Waals surface area contributed by atoms with Gasteiger partial charge in [0.05, 0.1) is 77.0 Å². The number of benzene rings is 3. The maximum absolute atomic E-state index is 15.1. The van der Waals surface area contributed by atoms with Crippen LogP contribution in [-0.2, 0) is 47.4 Å². The zero-order valence-electron chi connectivity index (χ0n) is 49.2. The van der Waals surface area contributed by atoms with Gasteiger partial charge in [0.1, 0.15) is 17.3 Å². The van der Waals surface area contributed by atoms with Gasteiger partial charge < -0.3 is 63.0 Å². The van der Waals surface area contributed by atoms with E-state index in [0.29, 0.717) is 17.5 Å². The van der Waals surface area contributed by atoms with Crippen LogP contribution in [0.1, 0.15) is 121 Å². The predicted octanol–water partition coefficient (Wildman–Crippen LogP) is 9.06. The quantitative estimate of drug-likeness (QED) is 0.0437. The molecule has 18 nitrogen and oxygen atoms in total. The van der Waals surface area contributed by atoms with Gasteiger partial charge >= 0.3 is 17.9 Å². The largest absolute Gasteiger partial charge is 0.459 e. The van der Waals surface area contributed by atoms with Crippen molar-refractivity contribution in [2.45, 2.75) is 179 Å². The molecule has 3 aliphatic rings. The van der Waals surface area contributed by atoms with Gasteiger partial charge in [-0.15, -0.1) is 0 Å². The van der Waals surface area contributed by atoms with E-state index in [9.17, 15) is 25.0 Å². The molecule has 0 radical (unpaired) electrons. The van der Waals surface area contributed by atoms with Crippen molar-refractivity contribution >= 4 is 40.6 Å². The zero-order valence-corrected chi connectivity index (χ0v) is 49.2. The van der Waals surface area contributed by atoms with Crippen LogP contribution in [0.15, 0.2) is 108 Å². The van der Waals surface area contributed by atoms with Gasteiger partial charge in [-0.3, -0.25) is 9.78 Å². The lowest BCUT2D eigenvalue weighted by atomic mass is 9.73. The number of aliphatic hydroxyl groups is 2. The highest BCUT2D eigenvalue weighted by molar-refractivity contribution is 5.90. The van der Waals surface area contributed by atoms with Crippen molar-refractivity contribution in [1.82, 2.24) is 9.88 Å². The number of para-hydroxylation sites is 1.